The number of sulfonamides is 1. The van der Waals surface area contributed by atoms with E-state index in [1.807, 2.05) is 36.7 Å². The number of benzene rings is 1. The standard InChI is InChI=1S/C14H19N3O2S/c1-4-20(18,19)16-14-7-5-13(6-8-14)10-17-12(3)9-11(2)15-17/h5-9,16H,4,10H2,1-3H3. The normalized spacial score (nSPS) is 11.6. The molecule has 0 saturated carbocycles. The summed E-state index contributed by atoms with van der Waals surface area (Å²) in [7, 11) is -3.22. The first-order valence-electron chi connectivity index (χ1n) is 6.50. The van der Waals surface area contributed by atoms with Crippen LogP contribution in [0.15, 0.2) is 30.3 Å². The van der Waals surface area contributed by atoms with Gasteiger partial charge in [0.25, 0.3) is 0 Å². The Balaban J connectivity index is 2.11. The van der Waals surface area contributed by atoms with Gasteiger partial charge < -0.3 is 0 Å². The predicted molar refractivity (Wildman–Crippen MR) is 80.3 cm³/mol. The van der Waals surface area contributed by atoms with Crippen LogP contribution in [-0.2, 0) is 16.6 Å². The first-order valence-corrected chi connectivity index (χ1v) is 8.15. The van der Waals surface area contributed by atoms with Gasteiger partial charge in [-0.05, 0) is 44.5 Å². The van der Waals surface area contributed by atoms with Crippen molar-refractivity contribution in [1.29, 1.82) is 0 Å². The van der Waals surface area contributed by atoms with Crippen LogP contribution in [0, 0.1) is 13.8 Å². The third-order valence-electron chi connectivity index (χ3n) is 3.04. The van der Waals surface area contributed by atoms with Gasteiger partial charge >= 0.3 is 0 Å². The van der Waals surface area contributed by atoms with Crippen LogP contribution >= 0.6 is 0 Å². The largest absolute Gasteiger partial charge is 0.284 e. The summed E-state index contributed by atoms with van der Waals surface area (Å²) in [5.74, 6) is 0.0700. The molecule has 0 aliphatic rings. The molecular formula is C14H19N3O2S. The highest BCUT2D eigenvalue weighted by atomic mass is 32.2. The highest BCUT2D eigenvalue weighted by Crippen LogP contribution is 2.13. The number of aryl methyl sites for hydroxylation is 2. The Bertz CT molecular complexity index is 688. The molecule has 0 spiro atoms. The molecule has 0 unspecified atom stereocenters. The zero-order valence-corrected chi connectivity index (χ0v) is 12.7. The molecule has 0 fully saturated rings. The van der Waals surface area contributed by atoms with Crippen molar-refractivity contribution < 1.29 is 8.42 Å². The number of hydrogen-bond donors (Lipinski definition) is 1. The van der Waals surface area contributed by atoms with Gasteiger partial charge in [0.05, 0.1) is 18.0 Å². The Hall–Kier alpha value is -1.82. The first-order chi connectivity index (χ1) is 9.39. The lowest BCUT2D eigenvalue weighted by Crippen LogP contribution is -2.14. The number of rotatable bonds is 5. The van der Waals surface area contributed by atoms with E-state index in [4.69, 9.17) is 0 Å². The van der Waals surface area contributed by atoms with E-state index in [-0.39, 0.29) is 5.75 Å². The van der Waals surface area contributed by atoms with Gasteiger partial charge in [-0.3, -0.25) is 9.40 Å². The fourth-order valence-corrected chi connectivity index (χ4v) is 2.58. The van der Waals surface area contributed by atoms with E-state index in [9.17, 15) is 8.42 Å². The fraction of sp³-hybridized carbons (Fsp3) is 0.357. The lowest BCUT2D eigenvalue weighted by Gasteiger charge is -2.08. The summed E-state index contributed by atoms with van der Waals surface area (Å²) in [5, 5.41) is 4.41. The monoisotopic (exact) mass is 293 g/mol. The highest BCUT2D eigenvalue weighted by molar-refractivity contribution is 7.92. The van der Waals surface area contributed by atoms with Crippen LogP contribution < -0.4 is 4.72 Å². The maximum absolute atomic E-state index is 11.5. The SMILES string of the molecule is CCS(=O)(=O)Nc1ccc(Cn2nc(C)cc2C)cc1. The third-order valence-corrected chi connectivity index (χ3v) is 4.35. The van der Waals surface area contributed by atoms with E-state index in [0.29, 0.717) is 12.2 Å². The van der Waals surface area contributed by atoms with Crippen molar-refractivity contribution in [1.82, 2.24) is 9.78 Å². The maximum atomic E-state index is 11.5. The van der Waals surface area contributed by atoms with Crippen molar-refractivity contribution in [2.75, 3.05) is 10.5 Å². The number of nitrogens with one attached hydrogen (secondary N) is 1. The molecule has 0 saturated heterocycles. The van der Waals surface area contributed by atoms with Gasteiger partial charge in [-0.1, -0.05) is 12.1 Å². The van der Waals surface area contributed by atoms with E-state index in [1.54, 1.807) is 19.1 Å². The van der Waals surface area contributed by atoms with Gasteiger partial charge in [-0.25, -0.2) is 8.42 Å². The molecule has 20 heavy (non-hydrogen) atoms. The Labute approximate surface area is 119 Å². The molecule has 0 radical (unpaired) electrons. The molecule has 0 amide bonds. The average Bonchev–Trinajstić information content (AvgIpc) is 2.70. The number of nitrogens with zero attached hydrogens (tertiary/aromatic N) is 2. The van der Waals surface area contributed by atoms with Gasteiger partial charge in [-0.15, -0.1) is 0 Å². The summed E-state index contributed by atoms with van der Waals surface area (Å²) < 4.78 is 27.4. The van der Waals surface area contributed by atoms with Crippen LogP contribution in [0.25, 0.3) is 0 Å². The zero-order valence-electron chi connectivity index (χ0n) is 11.9. The number of hydrogen-bond acceptors (Lipinski definition) is 3. The predicted octanol–water partition coefficient (Wildman–Crippen LogP) is 2.31. The summed E-state index contributed by atoms with van der Waals surface area (Å²) in [4.78, 5) is 0. The second-order valence-corrected chi connectivity index (χ2v) is 6.80. The lowest BCUT2D eigenvalue weighted by molar-refractivity contribution is 0.602. The molecule has 0 bridgehead atoms. The molecule has 108 valence electrons. The van der Waals surface area contributed by atoms with Crippen molar-refractivity contribution in [2.24, 2.45) is 0 Å². The van der Waals surface area contributed by atoms with Crippen LogP contribution in [0.5, 0.6) is 0 Å². The maximum Gasteiger partial charge on any atom is 0.232 e. The van der Waals surface area contributed by atoms with Gasteiger partial charge in [0, 0.05) is 11.4 Å². The minimum Gasteiger partial charge on any atom is -0.284 e. The minimum absolute atomic E-state index is 0.0700. The van der Waals surface area contributed by atoms with Crippen molar-refractivity contribution >= 4 is 15.7 Å². The van der Waals surface area contributed by atoms with E-state index < -0.39 is 10.0 Å². The molecule has 1 heterocycles. The number of aromatic nitrogens is 2. The first kappa shape index (κ1) is 14.6. The van der Waals surface area contributed by atoms with Crippen molar-refractivity contribution in [3.63, 3.8) is 0 Å². The topological polar surface area (TPSA) is 64.0 Å². The van der Waals surface area contributed by atoms with E-state index in [1.165, 1.54) is 0 Å². The second-order valence-electron chi connectivity index (χ2n) is 4.79. The highest BCUT2D eigenvalue weighted by Gasteiger charge is 2.07. The lowest BCUT2D eigenvalue weighted by atomic mass is 10.2. The van der Waals surface area contributed by atoms with Crippen molar-refractivity contribution in [3.05, 3.63) is 47.3 Å². The molecule has 2 aromatic rings. The summed E-state index contributed by atoms with van der Waals surface area (Å²) >= 11 is 0. The van der Waals surface area contributed by atoms with E-state index >= 15 is 0 Å². The molecule has 5 nitrogen and oxygen atoms in total. The van der Waals surface area contributed by atoms with Crippen LogP contribution in [0.1, 0.15) is 23.9 Å². The van der Waals surface area contributed by atoms with Crippen molar-refractivity contribution in [2.45, 2.75) is 27.3 Å². The van der Waals surface area contributed by atoms with Crippen LogP contribution in [-0.4, -0.2) is 24.0 Å². The summed E-state index contributed by atoms with van der Waals surface area (Å²) in [6.07, 6.45) is 0. The smallest absolute Gasteiger partial charge is 0.232 e. The fourth-order valence-electron chi connectivity index (χ4n) is 1.94. The van der Waals surface area contributed by atoms with Crippen molar-refractivity contribution in [3.8, 4) is 0 Å². The minimum atomic E-state index is -3.22. The quantitative estimate of drug-likeness (QED) is 0.920. The Morgan fingerprint density at radius 3 is 2.35 bits per heavy atom. The van der Waals surface area contributed by atoms with E-state index in [0.717, 1.165) is 17.0 Å². The molecule has 1 N–H and O–H groups in total. The molecule has 0 atom stereocenters. The average molecular weight is 293 g/mol. The van der Waals surface area contributed by atoms with Gasteiger partial charge in [0.15, 0.2) is 0 Å². The molecule has 1 aromatic carbocycles. The molecule has 1 aromatic heterocycles. The molecule has 0 aliphatic heterocycles. The molecule has 6 heteroatoms. The van der Waals surface area contributed by atoms with Crippen LogP contribution in [0.3, 0.4) is 0 Å². The summed E-state index contributed by atoms with van der Waals surface area (Å²) in [5.41, 5.74) is 3.77. The number of anilines is 1. The summed E-state index contributed by atoms with van der Waals surface area (Å²) in [6, 6.07) is 9.39. The van der Waals surface area contributed by atoms with Gasteiger partial charge in [0.1, 0.15) is 0 Å². The Morgan fingerprint density at radius 2 is 1.85 bits per heavy atom. The molecule has 0 aliphatic carbocycles. The van der Waals surface area contributed by atoms with Gasteiger partial charge in [0.2, 0.25) is 10.0 Å². The Morgan fingerprint density at radius 1 is 1.20 bits per heavy atom. The van der Waals surface area contributed by atoms with Gasteiger partial charge in [-0.2, -0.15) is 5.10 Å². The summed E-state index contributed by atoms with van der Waals surface area (Å²) in [6.45, 7) is 6.27. The molecular weight excluding hydrogens is 274 g/mol. The van der Waals surface area contributed by atoms with Crippen LogP contribution in [0.2, 0.25) is 0 Å². The van der Waals surface area contributed by atoms with E-state index in [2.05, 4.69) is 9.82 Å². The third kappa shape index (κ3) is 3.60. The molecule has 2 rings (SSSR count). The van der Waals surface area contributed by atoms with Crippen LogP contribution in [0.4, 0.5) is 5.69 Å². The second kappa shape index (κ2) is 5.66. The Kier molecular flexibility index (Phi) is 4.13. The zero-order chi connectivity index (χ0) is 14.8.